The van der Waals surface area contributed by atoms with Gasteiger partial charge in [0.05, 0.1) is 34.4 Å². The Kier molecular flexibility index (Phi) is 11.5. The highest BCUT2D eigenvalue weighted by Gasteiger charge is 2.31. The summed E-state index contributed by atoms with van der Waals surface area (Å²) in [6.45, 7) is 9.57. The van der Waals surface area contributed by atoms with E-state index in [1.807, 2.05) is 44.2 Å². The van der Waals surface area contributed by atoms with Gasteiger partial charge < -0.3 is 33.3 Å². The van der Waals surface area contributed by atoms with Gasteiger partial charge in [0.1, 0.15) is 11.5 Å². The van der Waals surface area contributed by atoms with Gasteiger partial charge in [0, 0.05) is 24.2 Å². The van der Waals surface area contributed by atoms with Crippen molar-refractivity contribution in [1.29, 1.82) is 0 Å². The van der Waals surface area contributed by atoms with Crippen LogP contribution in [-0.2, 0) is 35.2 Å². The quantitative estimate of drug-likeness (QED) is 0.166. The summed E-state index contributed by atoms with van der Waals surface area (Å²) in [5, 5.41) is 0. The summed E-state index contributed by atoms with van der Waals surface area (Å²) in [6, 6.07) is 18.7. The lowest BCUT2D eigenvalue weighted by molar-refractivity contribution is -0.143. The van der Waals surface area contributed by atoms with Crippen molar-refractivity contribution >= 4 is 5.97 Å². The first-order chi connectivity index (χ1) is 25.4. The standard InChI is InChI=1S/C44H54N2O7/c1-26(2)25-51-41(47)23-32-21-38(48-8)39-22-31(32)20-36(45(5)6)42-28(4)18-40(49-9)43(50-10)44(42)53-37-24-34-30(17-27(37)3)15-16-46(7)35(34)19-29-11-13-33(52-39)14-12-29/h11-14,17-18,21-22,24,26,35-36H,15-16,19-20,23,25H2,1-10H3/t35-,36-/m0/s1. The van der Waals surface area contributed by atoms with E-state index in [0.717, 1.165) is 53.0 Å². The minimum atomic E-state index is -0.291. The molecule has 4 aromatic carbocycles. The number of carbonyl (C=O) groups is 1. The molecule has 0 unspecified atom stereocenters. The summed E-state index contributed by atoms with van der Waals surface area (Å²) in [5.74, 6) is 4.24. The van der Waals surface area contributed by atoms with Crippen LogP contribution < -0.4 is 23.7 Å². The normalized spacial score (nSPS) is 17.0. The number of benzene rings is 4. The summed E-state index contributed by atoms with van der Waals surface area (Å²) in [6.07, 6.45) is 2.41. The van der Waals surface area contributed by atoms with Crippen LogP contribution in [0.1, 0.15) is 70.4 Å². The van der Waals surface area contributed by atoms with Crippen LogP contribution in [0.4, 0.5) is 0 Å². The first-order valence-corrected chi connectivity index (χ1v) is 18.5. The number of rotatable bonds is 8. The smallest absolute Gasteiger partial charge is 0.310 e. The van der Waals surface area contributed by atoms with Gasteiger partial charge in [-0.05, 0) is 136 Å². The van der Waals surface area contributed by atoms with Crippen molar-refractivity contribution < 1.29 is 33.2 Å². The number of esters is 1. The number of likely N-dealkylation sites (N-methyl/N-ethyl adjacent to an activating group) is 2. The van der Waals surface area contributed by atoms with E-state index in [9.17, 15) is 4.79 Å². The minimum absolute atomic E-state index is 0.0890. The average Bonchev–Trinajstić information content (AvgIpc) is 3.12. The zero-order chi connectivity index (χ0) is 38.0. The Morgan fingerprint density at radius 3 is 2.26 bits per heavy atom. The summed E-state index contributed by atoms with van der Waals surface area (Å²) < 4.78 is 37.2. The third-order valence-electron chi connectivity index (χ3n) is 10.5. The van der Waals surface area contributed by atoms with Gasteiger partial charge in [-0.2, -0.15) is 0 Å². The Balaban J connectivity index is 1.59. The second kappa shape index (κ2) is 16.1. The number of nitrogens with zero attached hydrogens (tertiary/aromatic N) is 2. The van der Waals surface area contributed by atoms with E-state index in [1.54, 1.807) is 21.3 Å². The highest BCUT2D eigenvalue weighted by molar-refractivity contribution is 5.74. The van der Waals surface area contributed by atoms with Crippen LogP contribution in [0.2, 0.25) is 0 Å². The number of carbonyl (C=O) groups excluding carboxylic acids is 1. The lowest BCUT2D eigenvalue weighted by Gasteiger charge is -2.36. The molecule has 0 spiro atoms. The van der Waals surface area contributed by atoms with Gasteiger partial charge >= 0.3 is 5.97 Å². The SMILES string of the molecule is COc1cc(CC(=O)OCC(C)C)c2cc1Oc1ccc(cc1)C[C@H]1c3cc(c(C)cc3CCN1C)Oc1c(OC)c(OC)cc(C)c1[C@@H](N(C)C)C2. The fourth-order valence-electron chi connectivity index (χ4n) is 7.58. The van der Waals surface area contributed by atoms with Crippen LogP contribution in [0, 0.1) is 19.8 Å². The second-order valence-electron chi connectivity index (χ2n) is 15.0. The lowest BCUT2D eigenvalue weighted by Crippen LogP contribution is -2.33. The topological polar surface area (TPSA) is 78.9 Å². The van der Waals surface area contributed by atoms with Crippen LogP contribution >= 0.6 is 0 Å². The first kappa shape index (κ1) is 38.0. The Bertz CT molecular complexity index is 1950. The molecule has 0 radical (unpaired) electrons. The fourth-order valence-corrected chi connectivity index (χ4v) is 7.58. The Morgan fingerprint density at radius 1 is 0.868 bits per heavy atom. The van der Waals surface area contributed by atoms with Gasteiger partial charge in [0.25, 0.3) is 0 Å². The predicted molar refractivity (Wildman–Crippen MR) is 207 cm³/mol. The van der Waals surface area contributed by atoms with Crippen molar-refractivity contribution in [3.63, 3.8) is 0 Å². The molecule has 0 N–H and O–H groups in total. The number of aryl methyl sites for hydroxylation is 2. The van der Waals surface area contributed by atoms with E-state index < -0.39 is 0 Å². The van der Waals surface area contributed by atoms with Crippen molar-refractivity contribution in [2.24, 2.45) is 5.92 Å². The van der Waals surface area contributed by atoms with Gasteiger partial charge in [-0.1, -0.05) is 32.0 Å². The first-order valence-electron chi connectivity index (χ1n) is 18.5. The predicted octanol–water partition coefficient (Wildman–Crippen LogP) is 8.59. The van der Waals surface area contributed by atoms with Gasteiger partial charge in [-0.3, -0.25) is 9.69 Å². The van der Waals surface area contributed by atoms with Gasteiger partial charge in [0.2, 0.25) is 5.75 Å². The second-order valence-corrected chi connectivity index (χ2v) is 15.0. The molecule has 2 atom stereocenters. The van der Waals surface area contributed by atoms with Crippen LogP contribution in [0.15, 0.2) is 54.6 Å². The van der Waals surface area contributed by atoms with E-state index in [2.05, 4.69) is 69.1 Å². The van der Waals surface area contributed by atoms with E-state index in [1.165, 1.54) is 16.7 Å². The molecule has 3 heterocycles. The molecule has 9 nitrogen and oxygen atoms in total. The maximum atomic E-state index is 13.2. The average molecular weight is 723 g/mol. The molecule has 0 saturated carbocycles. The van der Waals surface area contributed by atoms with Gasteiger partial charge in [-0.25, -0.2) is 0 Å². The molecule has 7 rings (SSSR count). The molecule has 0 aromatic heterocycles. The zero-order valence-electron chi connectivity index (χ0n) is 32.9. The maximum Gasteiger partial charge on any atom is 0.310 e. The molecule has 4 aromatic rings. The van der Waals surface area contributed by atoms with Crippen molar-refractivity contribution in [2.75, 3.05) is 55.6 Å². The van der Waals surface area contributed by atoms with E-state index in [4.69, 9.17) is 28.4 Å². The number of fused-ring (bicyclic) bond motifs is 3. The third kappa shape index (κ3) is 8.11. The molecule has 6 bridgehead atoms. The van der Waals surface area contributed by atoms with Crippen LogP contribution in [-0.4, -0.2) is 71.4 Å². The largest absolute Gasteiger partial charge is 0.493 e. The molecule has 0 fully saturated rings. The van der Waals surface area contributed by atoms with Gasteiger partial charge in [-0.15, -0.1) is 0 Å². The molecule has 282 valence electrons. The monoisotopic (exact) mass is 722 g/mol. The molecule has 3 aliphatic heterocycles. The third-order valence-corrected chi connectivity index (χ3v) is 10.5. The van der Waals surface area contributed by atoms with Crippen molar-refractivity contribution in [1.82, 2.24) is 9.80 Å². The molecule has 0 saturated heterocycles. The lowest BCUT2D eigenvalue weighted by atomic mass is 9.87. The van der Waals surface area contributed by atoms with E-state index in [0.29, 0.717) is 47.5 Å². The van der Waals surface area contributed by atoms with Crippen LogP contribution in [0.3, 0.4) is 0 Å². The number of methoxy groups -OCH3 is 3. The number of ether oxygens (including phenoxy) is 6. The molecular weight excluding hydrogens is 668 g/mol. The molecule has 3 aliphatic rings. The molecule has 53 heavy (non-hydrogen) atoms. The molecular formula is C44H54N2O7. The van der Waals surface area contributed by atoms with Crippen LogP contribution in [0.5, 0.6) is 40.2 Å². The molecule has 0 amide bonds. The minimum Gasteiger partial charge on any atom is -0.493 e. The summed E-state index contributed by atoms with van der Waals surface area (Å²) in [7, 11) is 11.2. The highest BCUT2D eigenvalue weighted by atomic mass is 16.5. The Morgan fingerprint density at radius 2 is 1.60 bits per heavy atom. The summed E-state index contributed by atoms with van der Waals surface area (Å²) in [4.78, 5) is 17.8. The number of hydrogen-bond donors (Lipinski definition) is 0. The maximum absolute atomic E-state index is 13.2. The van der Waals surface area contributed by atoms with E-state index >= 15 is 0 Å². The van der Waals surface area contributed by atoms with Crippen molar-refractivity contribution in [3.8, 4) is 40.2 Å². The van der Waals surface area contributed by atoms with Crippen molar-refractivity contribution in [3.05, 3.63) is 99.1 Å². The van der Waals surface area contributed by atoms with Gasteiger partial charge in [0.15, 0.2) is 23.0 Å². The fraction of sp³-hybridized carbons (Fsp3) is 0.432. The van der Waals surface area contributed by atoms with Crippen LogP contribution in [0.25, 0.3) is 0 Å². The Labute approximate surface area is 314 Å². The zero-order valence-corrected chi connectivity index (χ0v) is 32.9. The summed E-state index contributed by atoms with van der Waals surface area (Å²) >= 11 is 0. The number of hydrogen-bond acceptors (Lipinski definition) is 9. The van der Waals surface area contributed by atoms with Crippen molar-refractivity contribution in [2.45, 2.75) is 65.5 Å². The summed E-state index contributed by atoms with van der Waals surface area (Å²) in [5.41, 5.74) is 8.55. The molecule has 9 heteroatoms. The van der Waals surface area contributed by atoms with E-state index in [-0.39, 0.29) is 30.4 Å². The molecule has 0 aliphatic carbocycles. The Hall–Kier alpha value is -4.73. The highest BCUT2D eigenvalue weighted by Crippen LogP contribution is 2.49.